The van der Waals surface area contributed by atoms with E-state index in [2.05, 4.69) is 9.67 Å². The van der Waals surface area contributed by atoms with Crippen molar-refractivity contribution in [3.8, 4) is 0 Å². The normalized spacial score (nSPS) is 11.4. The zero-order valence-electron chi connectivity index (χ0n) is 18.3. The fourth-order valence-electron chi connectivity index (χ4n) is 4.19. The van der Waals surface area contributed by atoms with Crippen molar-refractivity contribution in [2.45, 2.75) is 33.1 Å². The van der Waals surface area contributed by atoms with E-state index in [1.165, 1.54) is 4.57 Å². The molecule has 3 heterocycles. The van der Waals surface area contributed by atoms with Crippen LogP contribution in [0.5, 0.6) is 0 Å². The van der Waals surface area contributed by atoms with Crippen LogP contribution in [-0.2, 0) is 35.7 Å². The van der Waals surface area contributed by atoms with Crippen molar-refractivity contribution in [2.24, 2.45) is 0 Å². The quantitative estimate of drug-likeness (QED) is 0.343. The summed E-state index contributed by atoms with van der Waals surface area (Å²) in [7, 11) is 0. The third-order valence-corrected chi connectivity index (χ3v) is 5.66. The number of carbonyl (C=O) groups excluding carboxylic acids is 1. The van der Waals surface area contributed by atoms with E-state index in [0.717, 1.165) is 22.4 Å². The lowest BCUT2D eigenvalue weighted by molar-refractivity contribution is -0.143. The number of aryl methyl sites for hydroxylation is 2. The molecule has 0 unspecified atom stereocenters. The van der Waals surface area contributed by atoms with E-state index in [9.17, 15) is 9.59 Å². The molecular weight excluding hydrogens is 420 g/mol. The Kier molecular flexibility index (Phi) is 5.52. The van der Waals surface area contributed by atoms with Crippen LogP contribution in [0.2, 0.25) is 0 Å². The zero-order valence-corrected chi connectivity index (χ0v) is 18.3. The average molecular weight is 444 g/mol. The van der Waals surface area contributed by atoms with E-state index < -0.39 is 5.97 Å². The van der Waals surface area contributed by atoms with Crippen molar-refractivity contribution in [1.29, 1.82) is 0 Å². The molecule has 3 aromatic heterocycles. The Morgan fingerprint density at radius 3 is 2.36 bits per heavy atom. The van der Waals surface area contributed by atoms with Crippen LogP contribution in [-0.4, -0.2) is 41.0 Å². The first-order valence-corrected chi connectivity index (χ1v) is 10.9. The number of hydrogen-bond acceptors (Lipinski definition) is 5. The van der Waals surface area contributed by atoms with Gasteiger partial charge in [0.05, 0.1) is 41.8 Å². The summed E-state index contributed by atoms with van der Waals surface area (Å²) in [5, 5.41) is 4.29. The molecule has 9 heteroatoms. The summed E-state index contributed by atoms with van der Waals surface area (Å²) < 4.78 is 12.2. The first kappa shape index (κ1) is 20.7. The van der Waals surface area contributed by atoms with E-state index in [0.29, 0.717) is 18.6 Å². The van der Waals surface area contributed by atoms with Gasteiger partial charge in [0.25, 0.3) is 0 Å². The number of aromatic nitrogens is 6. The van der Waals surface area contributed by atoms with Gasteiger partial charge in [0.1, 0.15) is 12.4 Å². The molecule has 0 bridgehead atoms. The van der Waals surface area contributed by atoms with Gasteiger partial charge in [-0.2, -0.15) is 5.10 Å². The SMILES string of the molecule is CCOC(=O)Cn1c(=O)n(Cc2nc3ccccc3n2CCn2cccn2)c2ccccc21. The number of hydrogen-bond donors (Lipinski definition) is 0. The maximum Gasteiger partial charge on any atom is 0.330 e. The third-order valence-electron chi connectivity index (χ3n) is 5.66. The van der Waals surface area contributed by atoms with Crippen molar-refractivity contribution in [1.82, 2.24) is 28.5 Å². The van der Waals surface area contributed by atoms with Crippen LogP contribution >= 0.6 is 0 Å². The Bertz CT molecular complexity index is 1480. The topological polar surface area (TPSA) is 88.9 Å². The minimum atomic E-state index is -0.436. The number of fused-ring (bicyclic) bond motifs is 2. The van der Waals surface area contributed by atoms with Crippen molar-refractivity contribution in [3.63, 3.8) is 0 Å². The van der Waals surface area contributed by atoms with Gasteiger partial charge in [0.2, 0.25) is 0 Å². The monoisotopic (exact) mass is 444 g/mol. The summed E-state index contributed by atoms with van der Waals surface area (Å²) in [6.07, 6.45) is 3.68. The zero-order chi connectivity index (χ0) is 22.8. The summed E-state index contributed by atoms with van der Waals surface area (Å²) in [6, 6.07) is 17.3. The number of imidazole rings is 2. The van der Waals surface area contributed by atoms with Crippen molar-refractivity contribution >= 4 is 28.0 Å². The predicted octanol–water partition coefficient (Wildman–Crippen LogP) is 2.66. The van der Waals surface area contributed by atoms with Crippen LogP contribution in [0.4, 0.5) is 0 Å². The highest BCUT2D eigenvalue weighted by molar-refractivity contribution is 5.79. The molecule has 0 spiro atoms. The number of nitrogens with zero attached hydrogens (tertiary/aromatic N) is 6. The first-order valence-electron chi connectivity index (χ1n) is 10.9. The molecule has 9 nitrogen and oxygen atoms in total. The number of esters is 1. The van der Waals surface area contributed by atoms with Gasteiger partial charge in [-0.25, -0.2) is 9.78 Å². The Labute approximate surface area is 189 Å². The van der Waals surface area contributed by atoms with Crippen LogP contribution in [0.25, 0.3) is 22.1 Å². The van der Waals surface area contributed by atoms with Gasteiger partial charge in [0, 0.05) is 18.9 Å². The van der Waals surface area contributed by atoms with E-state index >= 15 is 0 Å². The molecule has 0 saturated carbocycles. The molecule has 0 N–H and O–H groups in total. The number of ether oxygens (including phenoxy) is 1. The second-order valence-corrected chi connectivity index (χ2v) is 7.69. The molecular formula is C24H24N6O3. The van der Waals surface area contributed by atoms with Crippen molar-refractivity contribution < 1.29 is 9.53 Å². The molecule has 5 aromatic rings. The lowest BCUT2D eigenvalue weighted by atomic mass is 10.3. The van der Waals surface area contributed by atoms with Crippen LogP contribution in [0.3, 0.4) is 0 Å². The summed E-state index contributed by atoms with van der Waals surface area (Å²) in [6.45, 7) is 3.51. The molecule has 0 atom stereocenters. The third kappa shape index (κ3) is 3.93. The summed E-state index contributed by atoms with van der Waals surface area (Å²) >= 11 is 0. The number of benzene rings is 2. The standard InChI is InChI=1S/C24H24N6O3/c1-2-33-23(31)17-30-21-11-6-5-10-20(21)29(24(30)32)16-22-26-18-8-3-4-9-19(18)28(22)15-14-27-13-7-12-25-27/h3-13H,2,14-17H2,1H3. The molecule has 0 amide bonds. The fourth-order valence-corrected chi connectivity index (χ4v) is 4.19. The molecule has 33 heavy (non-hydrogen) atoms. The van der Waals surface area contributed by atoms with Gasteiger partial charge in [0.15, 0.2) is 0 Å². The van der Waals surface area contributed by atoms with Gasteiger partial charge >= 0.3 is 11.7 Å². The molecule has 5 rings (SSSR count). The van der Waals surface area contributed by atoms with Crippen LogP contribution in [0.15, 0.2) is 71.8 Å². The average Bonchev–Trinajstić information content (AvgIpc) is 3.52. The molecule has 0 aliphatic heterocycles. The van der Waals surface area contributed by atoms with Crippen molar-refractivity contribution in [3.05, 3.63) is 83.3 Å². The van der Waals surface area contributed by atoms with Gasteiger partial charge in [-0.3, -0.25) is 18.6 Å². The van der Waals surface area contributed by atoms with E-state index in [-0.39, 0.29) is 25.4 Å². The largest absolute Gasteiger partial charge is 0.465 e. The Balaban J connectivity index is 1.56. The second kappa shape index (κ2) is 8.78. The minimum absolute atomic E-state index is 0.129. The van der Waals surface area contributed by atoms with E-state index in [4.69, 9.17) is 9.72 Å². The molecule has 168 valence electrons. The van der Waals surface area contributed by atoms with Gasteiger partial charge in [-0.15, -0.1) is 0 Å². The lowest BCUT2D eigenvalue weighted by Gasteiger charge is -2.10. The minimum Gasteiger partial charge on any atom is -0.465 e. The highest BCUT2D eigenvalue weighted by Gasteiger charge is 2.19. The second-order valence-electron chi connectivity index (χ2n) is 7.69. The van der Waals surface area contributed by atoms with E-state index in [1.807, 2.05) is 65.5 Å². The highest BCUT2D eigenvalue weighted by Crippen LogP contribution is 2.19. The maximum absolute atomic E-state index is 13.4. The molecule has 2 aromatic carbocycles. The Morgan fingerprint density at radius 1 is 0.909 bits per heavy atom. The van der Waals surface area contributed by atoms with Crippen molar-refractivity contribution in [2.75, 3.05) is 6.61 Å². The van der Waals surface area contributed by atoms with Crippen LogP contribution in [0.1, 0.15) is 12.7 Å². The van der Waals surface area contributed by atoms with Gasteiger partial charge in [-0.1, -0.05) is 24.3 Å². The van der Waals surface area contributed by atoms with Crippen LogP contribution in [0, 0.1) is 0 Å². The predicted molar refractivity (Wildman–Crippen MR) is 124 cm³/mol. The van der Waals surface area contributed by atoms with E-state index in [1.54, 1.807) is 17.7 Å². The first-order chi connectivity index (χ1) is 16.2. The number of para-hydroxylation sites is 4. The Morgan fingerprint density at radius 2 is 1.64 bits per heavy atom. The van der Waals surface area contributed by atoms with Crippen LogP contribution < -0.4 is 5.69 Å². The fraction of sp³-hybridized carbons (Fsp3) is 0.250. The Hall–Kier alpha value is -4.14. The van der Waals surface area contributed by atoms with Gasteiger partial charge < -0.3 is 9.30 Å². The summed E-state index contributed by atoms with van der Waals surface area (Å²) in [4.78, 5) is 30.3. The molecule has 0 aliphatic carbocycles. The summed E-state index contributed by atoms with van der Waals surface area (Å²) in [5.74, 6) is 0.332. The maximum atomic E-state index is 13.4. The number of rotatable bonds is 8. The molecule has 0 fully saturated rings. The molecule has 0 radical (unpaired) electrons. The van der Waals surface area contributed by atoms with Gasteiger partial charge in [-0.05, 0) is 37.3 Å². The molecule has 0 aliphatic rings. The highest BCUT2D eigenvalue weighted by atomic mass is 16.5. The number of carbonyl (C=O) groups is 1. The lowest BCUT2D eigenvalue weighted by Crippen LogP contribution is -2.29. The molecule has 0 saturated heterocycles. The smallest absolute Gasteiger partial charge is 0.330 e. The summed E-state index contributed by atoms with van der Waals surface area (Å²) in [5.41, 5.74) is 3.04.